The molecule has 0 spiro atoms. The maximum atomic E-state index is 13.5. The van der Waals surface area contributed by atoms with Crippen molar-refractivity contribution in [2.45, 2.75) is 39.4 Å². The molecule has 18 heavy (non-hydrogen) atoms. The number of aliphatic hydroxyl groups excluding tert-OH is 1. The summed E-state index contributed by atoms with van der Waals surface area (Å²) in [5.74, 6) is -0.307. The summed E-state index contributed by atoms with van der Waals surface area (Å²) in [6.45, 7) is 8.09. The largest absolute Gasteiger partial charge is 0.389 e. The van der Waals surface area contributed by atoms with Crippen molar-refractivity contribution in [2.75, 3.05) is 18.5 Å². The minimum Gasteiger partial charge on any atom is -0.389 e. The van der Waals surface area contributed by atoms with Crippen LogP contribution in [0.1, 0.15) is 26.3 Å². The van der Waals surface area contributed by atoms with Crippen molar-refractivity contribution in [3.63, 3.8) is 0 Å². The third kappa shape index (κ3) is 5.02. The number of para-hydroxylation sites is 1. The van der Waals surface area contributed by atoms with Crippen LogP contribution in [-0.4, -0.2) is 30.0 Å². The number of aliphatic hydroxyl groups is 1. The van der Waals surface area contributed by atoms with Crippen molar-refractivity contribution in [3.05, 3.63) is 29.6 Å². The highest BCUT2D eigenvalue weighted by Gasteiger charge is 2.14. The van der Waals surface area contributed by atoms with Crippen molar-refractivity contribution in [2.24, 2.45) is 0 Å². The average Bonchev–Trinajstić information content (AvgIpc) is 2.25. The first-order valence-electron chi connectivity index (χ1n) is 6.10. The Balaban J connectivity index is 2.45. The molecule has 0 heterocycles. The number of hydrogen-bond donors (Lipinski definition) is 2. The van der Waals surface area contributed by atoms with Crippen LogP contribution in [0.25, 0.3) is 0 Å². The molecule has 102 valence electrons. The first-order chi connectivity index (χ1) is 8.29. The molecule has 3 nitrogen and oxygen atoms in total. The molecule has 4 heteroatoms. The Bertz CT molecular complexity index is 368. The van der Waals surface area contributed by atoms with E-state index in [-0.39, 0.29) is 24.6 Å². The van der Waals surface area contributed by atoms with Crippen LogP contribution in [0.2, 0.25) is 0 Å². The summed E-state index contributed by atoms with van der Waals surface area (Å²) in [7, 11) is 0. The quantitative estimate of drug-likeness (QED) is 0.850. The molecule has 0 aliphatic carbocycles. The lowest BCUT2D eigenvalue weighted by Gasteiger charge is -2.22. The van der Waals surface area contributed by atoms with Gasteiger partial charge in [-0.15, -0.1) is 0 Å². The molecule has 0 fully saturated rings. The van der Waals surface area contributed by atoms with Gasteiger partial charge in [0, 0.05) is 6.54 Å². The van der Waals surface area contributed by atoms with E-state index in [4.69, 9.17) is 4.74 Å². The fraction of sp³-hybridized carbons (Fsp3) is 0.571. The monoisotopic (exact) mass is 255 g/mol. The zero-order chi connectivity index (χ0) is 13.8. The van der Waals surface area contributed by atoms with Gasteiger partial charge in [0.15, 0.2) is 0 Å². The Hall–Kier alpha value is -1.13. The van der Waals surface area contributed by atoms with Gasteiger partial charge in [0.1, 0.15) is 5.82 Å². The highest BCUT2D eigenvalue weighted by atomic mass is 19.1. The lowest BCUT2D eigenvalue weighted by Crippen LogP contribution is -2.30. The fourth-order valence-electron chi connectivity index (χ4n) is 1.48. The first kappa shape index (κ1) is 14.9. The second-order valence-electron chi connectivity index (χ2n) is 5.39. The van der Waals surface area contributed by atoms with Gasteiger partial charge in [-0.05, 0) is 39.3 Å². The van der Waals surface area contributed by atoms with Crippen LogP contribution in [-0.2, 0) is 4.74 Å². The summed E-state index contributed by atoms with van der Waals surface area (Å²) in [5, 5.41) is 12.7. The van der Waals surface area contributed by atoms with E-state index < -0.39 is 6.10 Å². The number of aryl methyl sites for hydroxylation is 1. The second-order valence-corrected chi connectivity index (χ2v) is 5.39. The van der Waals surface area contributed by atoms with Gasteiger partial charge >= 0.3 is 0 Å². The molecule has 0 radical (unpaired) electrons. The third-order valence-electron chi connectivity index (χ3n) is 2.45. The van der Waals surface area contributed by atoms with Gasteiger partial charge in [0.05, 0.1) is 24.0 Å². The molecule has 0 aliphatic heterocycles. The third-order valence-corrected chi connectivity index (χ3v) is 2.45. The number of halogens is 1. The Kier molecular flexibility index (Phi) is 5.11. The van der Waals surface area contributed by atoms with E-state index in [2.05, 4.69) is 5.32 Å². The second kappa shape index (κ2) is 6.16. The summed E-state index contributed by atoms with van der Waals surface area (Å²) in [6.07, 6.45) is -0.664. The van der Waals surface area contributed by atoms with Gasteiger partial charge in [-0.2, -0.15) is 0 Å². The number of rotatable bonds is 5. The SMILES string of the molecule is Cc1cccc(F)c1NCC(O)COC(C)(C)C. The summed E-state index contributed by atoms with van der Waals surface area (Å²) >= 11 is 0. The van der Waals surface area contributed by atoms with E-state index in [1.807, 2.05) is 33.8 Å². The number of ether oxygens (including phenoxy) is 1. The van der Waals surface area contributed by atoms with Crippen molar-refractivity contribution in [3.8, 4) is 0 Å². The molecule has 1 unspecified atom stereocenters. The van der Waals surface area contributed by atoms with Crippen LogP contribution in [0.4, 0.5) is 10.1 Å². The highest BCUT2D eigenvalue weighted by Crippen LogP contribution is 2.18. The molecule has 0 amide bonds. The standard InChI is InChI=1S/C14H22FNO2/c1-10-6-5-7-12(15)13(10)16-8-11(17)9-18-14(2,3)4/h5-7,11,16-17H,8-9H2,1-4H3. The van der Waals surface area contributed by atoms with Crippen LogP contribution in [0.5, 0.6) is 0 Å². The smallest absolute Gasteiger partial charge is 0.146 e. The van der Waals surface area contributed by atoms with Gasteiger partial charge < -0.3 is 15.2 Å². The molecule has 0 bridgehead atoms. The summed E-state index contributed by atoms with van der Waals surface area (Å²) in [4.78, 5) is 0. The molecule has 0 saturated carbocycles. The topological polar surface area (TPSA) is 41.5 Å². The van der Waals surface area contributed by atoms with Crippen molar-refractivity contribution >= 4 is 5.69 Å². The van der Waals surface area contributed by atoms with Crippen LogP contribution in [0.15, 0.2) is 18.2 Å². The Morgan fingerprint density at radius 1 is 1.39 bits per heavy atom. The summed E-state index contributed by atoms with van der Waals surface area (Å²) in [5.41, 5.74) is 0.973. The van der Waals surface area contributed by atoms with E-state index in [1.54, 1.807) is 6.07 Å². The number of anilines is 1. The maximum Gasteiger partial charge on any atom is 0.146 e. The molecule has 1 aromatic rings. The number of benzene rings is 1. The Morgan fingerprint density at radius 2 is 2.06 bits per heavy atom. The van der Waals surface area contributed by atoms with E-state index in [9.17, 15) is 9.50 Å². The number of nitrogens with one attached hydrogen (secondary N) is 1. The lowest BCUT2D eigenvalue weighted by molar-refractivity contribution is -0.0449. The highest BCUT2D eigenvalue weighted by molar-refractivity contribution is 5.51. The molecular weight excluding hydrogens is 233 g/mol. The van der Waals surface area contributed by atoms with Crippen LogP contribution in [0, 0.1) is 12.7 Å². The van der Waals surface area contributed by atoms with E-state index >= 15 is 0 Å². The molecule has 1 atom stereocenters. The van der Waals surface area contributed by atoms with Crippen LogP contribution >= 0.6 is 0 Å². The Morgan fingerprint density at radius 3 is 2.61 bits per heavy atom. The lowest BCUT2D eigenvalue weighted by atomic mass is 10.2. The van der Waals surface area contributed by atoms with E-state index in [0.29, 0.717) is 5.69 Å². The van der Waals surface area contributed by atoms with E-state index in [0.717, 1.165) is 5.56 Å². The predicted octanol–water partition coefficient (Wildman–Crippen LogP) is 2.72. The van der Waals surface area contributed by atoms with Gasteiger partial charge in [0.25, 0.3) is 0 Å². The van der Waals surface area contributed by atoms with Crippen molar-refractivity contribution < 1.29 is 14.2 Å². The minimum absolute atomic E-state index is 0.226. The van der Waals surface area contributed by atoms with Crippen LogP contribution < -0.4 is 5.32 Å². The van der Waals surface area contributed by atoms with Crippen LogP contribution in [0.3, 0.4) is 0 Å². The van der Waals surface area contributed by atoms with Gasteiger partial charge in [-0.1, -0.05) is 12.1 Å². The zero-order valence-electron chi connectivity index (χ0n) is 11.5. The maximum absolute atomic E-state index is 13.5. The Labute approximate surface area is 108 Å². The predicted molar refractivity (Wildman–Crippen MR) is 71.3 cm³/mol. The molecule has 1 rings (SSSR count). The first-order valence-corrected chi connectivity index (χ1v) is 6.10. The van der Waals surface area contributed by atoms with Crippen molar-refractivity contribution in [1.82, 2.24) is 0 Å². The molecule has 0 saturated heterocycles. The average molecular weight is 255 g/mol. The summed E-state index contributed by atoms with van der Waals surface area (Å²) in [6, 6.07) is 4.88. The molecule has 2 N–H and O–H groups in total. The summed E-state index contributed by atoms with van der Waals surface area (Å²) < 4.78 is 19.0. The molecule has 1 aromatic carbocycles. The molecule has 0 aromatic heterocycles. The fourth-order valence-corrected chi connectivity index (χ4v) is 1.48. The normalized spacial score (nSPS) is 13.4. The van der Waals surface area contributed by atoms with E-state index in [1.165, 1.54) is 6.07 Å². The van der Waals surface area contributed by atoms with Gasteiger partial charge in [-0.25, -0.2) is 4.39 Å². The van der Waals surface area contributed by atoms with Gasteiger partial charge in [-0.3, -0.25) is 0 Å². The van der Waals surface area contributed by atoms with Crippen molar-refractivity contribution in [1.29, 1.82) is 0 Å². The minimum atomic E-state index is -0.664. The van der Waals surface area contributed by atoms with Gasteiger partial charge in [0.2, 0.25) is 0 Å². The molecular formula is C14H22FNO2. The zero-order valence-corrected chi connectivity index (χ0v) is 11.5. The number of hydrogen-bond acceptors (Lipinski definition) is 3. The molecule has 0 aliphatic rings.